The average molecular weight is 261 g/mol. The number of phenolic OH excluding ortho intramolecular Hbond substituents is 1. The Morgan fingerprint density at radius 1 is 1.22 bits per heavy atom. The molecule has 0 spiro atoms. The van der Waals surface area contributed by atoms with Gasteiger partial charge in [0, 0.05) is 23.9 Å². The fraction of sp³-hybridized carbons (Fsp3) is 0.333. The molecular formula is C15H19NOS. The molecular weight excluding hydrogens is 242 g/mol. The summed E-state index contributed by atoms with van der Waals surface area (Å²) in [5, 5.41) is 16.3. The molecule has 2 aromatic rings. The van der Waals surface area contributed by atoms with Gasteiger partial charge in [0.2, 0.25) is 0 Å². The van der Waals surface area contributed by atoms with Crippen molar-refractivity contribution in [3.63, 3.8) is 0 Å². The largest absolute Gasteiger partial charge is 0.508 e. The second kappa shape index (κ2) is 6.12. The van der Waals surface area contributed by atoms with Crippen molar-refractivity contribution >= 4 is 22.5 Å². The fourth-order valence-corrected chi connectivity index (χ4v) is 2.28. The summed E-state index contributed by atoms with van der Waals surface area (Å²) in [6.45, 7) is 3.85. The van der Waals surface area contributed by atoms with Crippen LogP contribution in [0, 0.1) is 0 Å². The number of fused-ring (bicyclic) bond motifs is 1. The quantitative estimate of drug-likeness (QED) is 0.865. The summed E-state index contributed by atoms with van der Waals surface area (Å²) in [6, 6.07) is 11.9. The van der Waals surface area contributed by atoms with Gasteiger partial charge in [0.05, 0.1) is 0 Å². The highest BCUT2D eigenvalue weighted by atomic mass is 32.2. The van der Waals surface area contributed by atoms with E-state index >= 15 is 0 Å². The SMILES string of the molecule is CSC(C)CNCc1c(O)ccc2ccccc12. The minimum Gasteiger partial charge on any atom is -0.508 e. The van der Waals surface area contributed by atoms with Crippen LogP contribution >= 0.6 is 11.8 Å². The maximum Gasteiger partial charge on any atom is 0.120 e. The summed E-state index contributed by atoms with van der Waals surface area (Å²) in [4.78, 5) is 0. The number of rotatable bonds is 5. The summed E-state index contributed by atoms with van der Waals surface area (Å²) in [5.41, 5.74) is 0.987. The van der Waals surface area contributed by atoms with Crippen molar-refractivity contribution in [3.8, 4) is 5.75 Å². The molecule has 2 rings (SSSR count). The van der Waals surface area contributed by atoms with Crippen LogP contribution in [0.3, 0.4) is 0 Å². The van der Waals surface area contributed by atoms with Crippen LogP contribution in [0.4, 0.5) is 0 Å². The lowest BCUT2D eigenvalue weighted by Gasteiger charge is -2.12. The van der Waals surface area contributed by atoms with E-state index in [1.54, 1.807) is 6.07 Å². The molecule has 1 atom stereocenters. The van der Waals surface area contributed by atoms with Gasteiger partial charge in [-0.25, -0.2) is 0 Å². The van der Waals surface area contributed by atoms with Crippen LogP contribution in [0.5, 0.6) is 5.75 Å². The molecule has 18 heavy (non-hydrogen) atoms. The van der Waals surface area contributed by atoms with Crippen LogP contribution in [0.2, 0.25) is 0 Å². The first-order valence-electron chi connectivity index (χ1n) is 6.15. The summed E-state index contributed by atoms with van der Waals surface area (Å²) in [5.74, 6) is 0.373. The zero-order chi connectivity index (χ0) is 13.0. The van der Waals surface area contributed by atoms with E-state index in [0.29, 0.717) is 17.5 Å². The van der Waals surface area contributed by atoms with Gasteiger partial charge in [-0.05, 0) is 23.1 Å². The lowest BCUT2D eigenvalue weighted by molar-refractivity contribution is 0.466. The molecule has 0 radical (unpaired) electrons. The Balaban J connectivity index is 2.18. The zero-order valence-electron chi connectivity index (χ0n) is 10.8. The van der Waals surface area contributed by atoms with Gasteiger partial charge in [0.1, 0.15) is 5.75 Å². The van der Waals surface area contributed by atoms with E-state index in [0.717, 1.165) is 17.5 Å². The lowest BCUT2D eigenvalue weighted by Crippen LogP contribution is -2.22. The molecule has 96 valence electrons. The third-order valence-corrected chi connectivity index (χ3v) is 4.12. The Morgan fingerprint density at radius 2 is 2.00 bits per heavy atom. The second-order valence-corrected chi connectivity index (χ2v) is 5.74. The van der Waals surface area contributed by atoms with E-state index in [2.05, 4.69) is 30.6 Å². The Bertz CT molecular complexity index is 527. The van der Waals surface area contributed by atoms with Crippen molar-refractivity contribution in [1.82, 2.24) is 5.32 Å². The van der Waals surface area contributed by atoms with Crippen LogP contribution in [-0.4, -0.2) is 23.2 Å². The van der Waals surface area contributed by atoms with Gasteiger partial charge in [-0.2, -0.15) is 11.8 Å². The van der Waals surface area contributed by atoms with Crippen LogP contribution in [0.15, 0.2) is 36.4 Å². The molecule has 0 aliphatic heterocycles. The third-order valence-electron chi connectivity index (χ3n) is 3.15. The molecule has 0 heterocycles. The molecule has 0 aliphatic rings. The van der Waals surface area contributed by atoms with Gasteiger partial charge >= 0.3 is 0 Å². The number of phenols is 1. The molecule has 0 saturated carbocycles. The molecule has 0 amide bonds. The highest BCUT2D eigenvalue weighted by Crippen LogP contribution is 2.26. The fourth-order valence-electron chi connectivity index (χ4n) is 1.99. The van der Waals surface area contributed by atoms with Crippen molar-refractivity contribution in [3.05, 3.63) is 42.0 Å². The highest BCUT2D eigenvalue weighted by molar-refractivity contribution is 7.99. The van der Waals surface area contributed by atoms with Gasteiger partial charge < -0.3 is 10.4 Å². The van der Waals surface area contributed by atoms with E-state index in [1.807, 2.05) is 30.0 Å². The average Bonchev–Trinajstić information content (AvgIpc) is 2.41. The predicted molar refractivity (Wildman–Crippen MR) is 80.3 cm³/mol. The van der Waals surface area contributed by atoms with E-state index in [4.69, 9.17) is 0 Å². The lowest BCUT2D eigenvalue weighted by atomic mass is 10.0. The minimum atomic E-state index is 0.373. The highest BCUT2D eigenvalue weighted by Gasteiger charge is 2.07. The second-order valence-electron chi connectivity index (χ2n) is 4.46. The first-order valence-corrected chi connectivity index (χ1v) is 7.44. The number of nitrogens with one attached hydrogen (secondary N) is 1. The molecule has 3 heteroatoms. The predicted octanol–water partition coefficient (Wildman–Crippen LogP) is 3.39. The topological polar surface area (TPSA) is 32.3 Å². The summed E-state index contributed by atoms with van der Waals surface area (Å²) in [6.07, 6.45) is 2.11. The van der Waals surface area contributed by atoms with Crippen LogP contribution in [-0.2, 0) is 6.54 Å². The normalized spacial score (nSPS) is 12.8. The van der Waals surface area contributed by atoms with E-state index < -0.39 is 0 Å². The van der Waals surface area contributed by atoms with Crippen molar-refractivity contribution < 1.29 is 5.11 Å². The number of aromatic hydroxyl groups is 1. The maximum atomic E-state index is 9.99. The molecule has 0 fully saturated rings. The summed E-state index contributed by atoms with van der Waals surface area (Å²) >= 11 is 1.84. The molecule has 0 bridgehead atoms. The first-order chi connectivity index (χ1) is 8.72. The number of thioether (sulfide) groups is 1. The Hall–Kier alpha value is -1.19. The minimum absolute atomic E-state index is 0.373. The Labute approximate surface area is 112 Å². The Kier molecular flexibility index (Phi) is 4.50. The zero-order valence-corrected chi connectivity index (χ0v) is 11.6. The third kappa shape index (κ3) is 2.98. The van der Waals surface area contributed by atoms with Crippen LogP contribution < -0.4 is 5.32 Å². The summed E-state index contributed by atoms with van der Waals surface area (Å²) in [7, 11) is 0. The number of hydrogen-bond donors (Lipinski definition) is 2. The molecule has 2 aromatic carbocycles. The molecule has 0 aliphatic carbocycles. The van der Waals surface area contributed by atoms with Crippen LogP contribution in [0.1, 0.15) is 12.5 Å². The van der Waals surface area contributed by atoms with E-state index in [-0.39, 0.29) is 0 Å². The smallest absolute Gasteiger partial charge is 0.120 e. The summed E-state index contributed by atoms with van der Waals surface area (Å²) < 4.78 is 0. The van der Waals surface area contributed by atoms with Gasteiger partial charge in [-0.3, -0.25) is 0 Å². The van der Waals surface area contributed by atoms with Crippen molar-refractivity contribution in [1.29, 1.82) is 0 Å². The van der Waals surface area contributed by atoms with Gasteiger partial charge in [0.25, 0.3) is 0 Å². The Morgan fingerprint density at radius 3 is 2.78 bits per heavy atom. The van der Waals surface area contributed by atoms with Crippen molar-refractivity contribution in [2.24, 2.45) is 0 Å². The first kappa shape index (κ1) is 13.2. The molecule has 0 aromatic heterocycles. The molecule has 1 unspecified atom stereocenters. The molecule has 2 nitrogen and oxygen atoms in total. The molecule has 2 N–H and O–H groups in total. The van der Waals surface area contributed by atoms with E-state index in [9.17, 15) is 5.11 Å². The standard InChI is InChI=1S/C15H19NOS/c1-11(18-2)9-16-10-14-13-6-4-3-5-12(13)7-8-15(14)17/h3-8,11,16-17H,9-10H2,1-2H3. The maximum absolute atomic E-state index is 9.99. The van der Waals surface area contributed by atoms with Gasteiger partial charge in [-0.15, -0.1) is 0 Å². The monoisotopic (exact) mass is 261 g/mol. The van der Waals surface area contributed by atoms with Gasteiger partial charge in [0.15, 0.2) is 0 Å². The van der Waals surface area contributed by atoms with Gasteiger partial charge in [-0.1, -0.05) is 37.3 Å². The number of benzene rings is 2. The van der Waals surface area contributed by atoms with E-state index in [1.165, 1.54) is 5.39 Å². The van der Waals surface area contributed by atoms with Crippen LogP contribution in [0.25, 0.3) is 10.8 Å². The van der Waals surface area contributed by atoms with Crippen molar-refractivity contribution in [2.75, 3.05) is 12.8 Å². The van der Waals surface area contributed by atoms with Crippen molar-refractivity contribution in [2.45, 2.75) is 18.7 Å². The number of hydrogen-bond acceptors (Lipinski definition) is 3. The molecule has 0 saturated heterocycles.